The first-order chi connectivity index (χ1) is 8.16. The molecule has 1 N–H and O–H groups in total. The highest BCUT2D eigenvalue weighted by molar-refractivity contribution is 5.81. The first kappa shape index (κ1) is 21.6. The van der Waals surface area contributed by atoms with Crippen molar-refractivity contribution >= 4 is 5.91 Å². The van der Waals surface area contributed by atoms with Gasteiger partial charge in [0.05, 0.1) is 5.92 Å². The van der Waals surface area contributed by atoms with Crippen LogP contribution in [0.25, 0.3) is 0 Å². The van der Waals surface area contributed by atoms with Crippen molar-refractivity contribution in [3.8, 4) is 0 Å². The van der Waals surface area contributed by atoms with Crippen LogP contribution in [0.1, 0.15) is 67.7 Å². The van der Waals surface area contributed by atoms with Crippen molar-refractivity contribution in [2.45, 2.75) is 79.9 Å². The van der Waals surface area contributed by atoms with Crippen LogP contribution < -0.4 is 5.32 Å². The quantitative estimate of drug-likeness (QED) is 0.786. The van der Waals surface area contributed by atoms with Crippen molar-refractivity contribution < 1.29 is 18.0 Å². The van der Waals surface area contributed by atoms with Gasteiger partial charge >= 0.3 is 6.18 Å². The van der Waals surface area contributed by atoms with E-state index in [0.717, 1.165) is 6.42 Å². The molecule has 0 heterocycles. The molecule has 1 amide bonds. The predicted molar refractivity (Wildman–Crippen MR) is 77.5 cm³/mol. The Morgan fingerprint density at radius 3 is 1.90 bits per heavy atom. The van der Waals surface area contributed by atoms with Crippen LogP contribution in [0.4, 0.5) is 13.2 Å². The maximum absolute atomic E-state index is 12.5. The number of rotatable bonds is 3. The van der Waals surface area contributed by atoms with Gasteiger partial charge in [0, 0.05) is 11.5 Å². The van der Waals surface area contributed by atoms with Crippen molar-refractivity contribution in [2.24, 2.45) is 11.3 Å². The summed E-state index contributed by atoms with van der Waals surface area (Å²) >= 11 is 0. The summed E-state index contributed by atoms with van der Waals surface area (Å²) < 4.78 is 37.5. The molecule has 1 aliphatic carbocycles. The second-order valence-corrected chi connectivity index (χ2v) is 5.80. The summed E-state index contributed by atoms with van der Waals surface area (Å²) in [5.41, 5.74) is -0.444. The zero-order chi connectivity index (χ0) is 14.0. The molecule has 0 aromatic rings. The Bertz CT molecular complexity index is 292. The molecule has 1 rings (SSSR count). The average molecular weight is 297 g/mol. The number of nitrogens with one attached hydrogen (secondary N) is 1. The number of carbonyl (C=O) groups is 1. The second-order valence-electron chi connectivity index (χ2n) is 5.80. The molecule has 0 aromatic carbocycles. The first-order valence-electron chi connectivity index (χ1n) is 6.54. The predicted octanol–water partition coefficient (Wildman–Crippen LogP) is 4.93. The third-order valence-electron chi connectivity index (χ3n) is 4.02. The van der Waals surface area contributed by atoms with Gasteiger partial charge in [-0.25, -0.2) is 0 Å². The highest BCUT2D eigenvalue weighted by Gasteiger charge is 2.41. The van der Waals surface area contributed by atoms with Crippen LogP contribution in [0, 0.1) is 11.3 Å². The van der Waals surface area contributed by atoms with E-state index in [0.29, 0.717) is 12.8 Å². The minimum atomic E-state index is -4.09. The minimum absolute atomic E-state index is 0. The summed E-state index contributed by atoms with van der Waals surface area (Å²) in [5.74, 6) is -1.25. The Morgan fingerprint density at radius 1 is 1.10 bits per heavy atom. The van der Waals surface area contributed by atoms with Crippen molar-refractivity contribution in [3.63, 3.8) is 0 Å². The molecule has 5 heteroatoms. The maximum Gasteiger partial charge on any atom is 0.391 e. The lowest BCUT2D eigenvalue weighted by Gasteiger charge is -2.32. The largest absolute Gasteiger partial charge is 0.391 e. The Kier molecular flexibility index (Phi) is 8.50. The number of alkyl halides is 3. The number of halogens is 3. The summed E-state index contributed by atoms with van der Waals surface area (Å²) in [6.07, 6.45) is -2.26. The van der Waals surface area contributed by atoms with Gasteiger partial charge in [0.2, 0.25) is 5.91 Å². The third-order valence-corrected chi connectivity index (χ3v) is 4.02. The molecule has 0 atom stereocenters. The van der Waals surface area contributed by atoms with E-state index in [4.69, 9.17) is 0 Å². The van der Waals surface area contributed by atoms with Gasteiger partial charge in [-0.1, -0.05) is 35.6 Å². The van der Waals surface area contributed by atoms with Crippen LogP contribution in [0.3, 0.4) is 0 Å². The molecule has 0 saturated heterocycles. The standard InChI is InChI=1S/C13H22F3NO.2CH4/c1-4-12(2,3)11(18)17-10-7-5-9(6-8-10)13(14,15)16;;/h9-10H,4-8H2,1-3H3,(H,17,18);2*1H4. The molecule has 0 radical (unpaired) electrons. The monoisotopic (exact) mass is 297 g/mol. The number of hydrogen-bond acceptors (Lipinski definition) is 1. The zero-order valence-corrected chi connectivity index (χ0v) is 11.2. The molecule has 0 bridgehead atoms. The number of carbonyl (C=O) groups excluding carboxylic acids is 1. The van der Waals surface area contributed by atoms with Crippen LogP contribution in [0.15, 0.2) is 0 Å². The van der Waals surface area contributed by atoms with E-state index < -0.39 is 17.5 Å². The SMILES string of the molecule is C.C.CCC(C)(C)C(=O)NC1CCC(C(F)(F)F)CC1. The summed E-state index contributed by atoms with van der Waals surface area (Å²) in [6, 6.07) is -0.0954. The maximum atomic E-state index is 12.5. The fourth-order valence-corrected chi connectivity index (χ4v) is 2.11. The molecule has 0 unspecified atom stereocenters. The molecule has 122 valence electrons. The molecule has 2 nitrogen and oxygen atoms in total. The molecule has 0 spiro atoms. The second kappa shape index (κ2) is 7.89. The first-order valence-corrected chi connectivity index (χ1v) is 6.54. The van der Waals surface area contributed by atoms with Crippen LogP contribution in [0.5, 0.6) is 0 Å². The normalized spacial score (nSPS) is 23.3. The van der Waals surface area contributed by atoms with Gasteiger partial charge in [-0.15, -0.1) is 0 Å². The Hall–Kier alpha value is -0.740. The van der Waals surface area contributed by atoms with Crippen molar-refractivity contribution in [1.29, 1.82) is 0 Å². The molecule has 0 aliphatic heterocycles. The molecular formula is C15H30F3NO. The Morgan fingerprint density at radius 2 is 1.55 bits per heavy atom. The van der Waals surface area contributed by atoms with E-state index in [9.17, 15) is 18.0 Å². The lowest BCUT2D eigenvalue weighted by molar-refractivity contribution is -0.182. The number of hydrogen-bond donors (Lipinski definition) is 1. The number of amides is 1. The molecule has 20 heavy (non-hydrogen) atoms. The highest BCUT2D eigenvalue weighted by atomic mass is 19.4. The van der Waals surface area contributed by atoms with Gasteiger partial charge in [0.15, 0.2) is 0 Å². The molecular weight excluding hydrogens is 267 g/mol. The summed E-state index contributed by atoms with van der Waals surface area (Å²) in [7, 11) is 0. The lowest BCUT2D eigenvalue weighted by Crippen LogP contribution is -2.45. The summed E-state index contributed by atoms with van der Waals surface area (Å²) in [4.78, 5) is 11.9. The fraction of sp³-hybridized carbons (Fsp3) is 0.933. The van der Waals surface area contributed by atoms with Gasteiger partial charge in [-0.3, -0.25) is 4.79 Å². The van der Waals surface area contributed by atoms with E-state index in [1.165, 1.54) is 0 Å². The van der Waals surface area contributed by atoms with Crippen LogP contribution in [-0.4, -0.2) is 18.1 Å². The fourth-order valence-electron chi connectivity index (χ4n) is 2.11. The van der Waals surface area contributed by atoms with Crippen molar-refractivity contribution in [1.82, 2.24) is 5.32 Å². The minimum Gasteiger partial charge on any atom is -0.353 e. The zero-order valence-electron chi connectivity index (χ0n) is 11.2. The van der Waals surface area contributed by atoms with Crippen LogP contribution >= 0.6 is 0 Å². The van der Waals surface area contributed by atoms with Gasteiger partial charge in [-0.05, 0) is 32.1 Å². The molecule has 1 fully saturated rings. The topological polar surface area (TPSA) is 29.1 Å². The van der Waals surface area contributed by atoms with Crippen LogP contribution in [0.2, 0.25) is 0 Å². The van der Waals surface area contributed by atoms with E-state index in [-0.39, 0.29) is 39.6 Å². The van der Waals surface area contributed by atoms with Crippen molar-refractivity contribution in [3.05, 3.63) is 0 Å². The Balaban J connectivity index is 0. The highest BCUT2D eigenvalue weighted by Crippen LogP contribution is 2.37. The van der Waals surface area contributed by atoms with Crippen LogP contribution in [-0.2, 0) is 4.79 Å². The molecule has 1 saturated carbocycles. The van der Waals surface area contributed by atoms with Gasteiger partial charge in [0.25, 0.3) is 0 Å². The summed E-state index contributed by atoms with van der Waals surface area (Å²) in [5, 5.41) is 2.88. The van der Waals surface area contributed by atoms with E-state index in [1.54, 1.807) is 0 Å². The third kappa shape index (κ3) is 5.71. The van der Waals surface area contributed by atoms with Crippen molar-refractivity contribution in [2.75, 3.05) is 0 Å². The average Bonchev–Trinajstić information content (AvgIpc) is 2.28. The van der Waals surface area contributed by atoms with E-state index in [1.807, 2.05) is 20.8 Å². The van der Waals surface area contributed by atoms with Gasteiger partial charge < -0.3 is 5.32 Å². The Labute approximate surface area is 121 Å². The molecule has 1 aliphatic rings. The van der Waals surface area contributed by atoms with E-state index >= 15 is 0 Å². The lowest BCUT2D eigenvalue weighted by atomic mass is 9.84. The molecule has 0 aromatic heterocycles. The summed E-state index contributed by atoms with van der Waals surface area (Å²) in [6.45, 7) is 5.63. The van der Waals surface area contributed by atoms with E-state index in [2.05, 4.69) is 5.32 Å². The van der Waals surface area contributed by atoms with Gasteiger partial charge in [0.1, 0.15) is 0 Å². The van der Waals surface area contributed by atoms with Gasteiger partial charge in [-0.2, -0.15) is 13.2 Å². The smallest absolute Gasteiger partial charge is 0.353 e.